The van der Waals surface area contributed by atoms with E-state index in [1.165, 1.54) is 10.9 Å². The van der Waals surface area contributed by atoms with Crippen LogP contribution in [-0.4, -0.2) is 0 Å². The van der Waals surface area contributed by atoms with Crippen molar-refractivity contribution >= 4 is 15.9 Å². The molecule has 0 aliphatic heterocycles. The van der Waals surface area contributed by atoms with Gasteiger partial charge in [-0.2, -0.15) is 0 Å². The van der Waals surface area contributed by atoms with Gasteiger partial charge in [-0.15, -0.1) is 0 Å². The highest BCUT2D eigenvalue weighted by atomic mass is 79.9. The summed E-state index contributed by atoms with van der Waals surface area (Å²) in [4.78, 5) is 0. The Kier molecular flexibility index (Phi) is 5.72. The lowest BCUT2D eigenvalue weighted by molar-refractivity contribution is 0.905. The molecule has 0 radical (unpaired) electrons. The first kappa shape index (κ1) is 14.8. The molecule has 0 spiro atoms. The fourth-order valence-corrected chi connectivity index (χ4v) is 4.05. The Morgan fingerprint density at radius 3 is 1.00 bits per heavy atom. The van der Waals surface area contributed by atoms with Gasteiger partial charge in [-0.1, -0.05) is 50.5 Å². The van der Waals surface area contributed by atoms with E-state index in [0.29, 0.717) is 0 Å². The zero-order valence-corrected chi connectivity index (χ0v) is 13.5. The minimum Gasteiger partial charge on any atom is -0.0613 e. The summed E-state index contributed by atoms with van der Waals surface area (Å²) in [5.74, 6) is 0. The summed E-state index contributed by atoms with van der Waals surface area (Å²) in [5.41, 5.74) is 7.88. The number of rotatable bonds is 5. The normalized spacial score (nSPS) is 10.9. The maximum atomic E-state index is 3.85. The van der Waals surface area contributed by atoms with Gasteiger partial charge in [0, 0.05) is 4.47 Å². The molecular weight excluding hydrogens is 272 g/mol. The fraction of sp³-hybridized carbons (Fsp3) is 0.625. The van der Waals surface area contributed by atoms with Crippen LogP contribution in [0.4, 0.5) is 0 Å². The summed E-state index contributed by atoms with van der Waals surface area (Å²) < 4.78 is 1.38. The van der Waals surface area contributed by atoms with Crippen LogP contribution in [0.5, 0.6) is 0 Å². The van der Waals surface area contributed by atoms with Crippen LogP contribution in [0.15, 0.2) is 4.47 Å². The molecule has 0 saturated heterocycles. The molecule has 17 heavy (non-hydrogen) atoms. The van der Waals surface area contributed by atoms with E-state index in [9.17, 15) is 0 Å². The van der Waals surface area contributed by atoms with E-state index in [4.69, 9.17) is 0 Å². The Labute approximate surface area is 115 Å². The van der Waals surface area contributed by atoms with Crippen molar-refractivity contribution in [2.45, 2.75) is 66.7 Å². The predicted octanol–water partition coefficient (Wildman–Crippen LogP) is 5.26. The number of benzene rings is 1. The zero-order valence-electron chi connectivity index (χ0n) is 11.9. The smallest absolute Gasteiger partial charge is 0.0244 e. The first-order chi connectivity index (χ1) is 8.15. The van der Waals surface area contributed by atoms with Crippen molar-refractivity contribution in [2.24, 2.45) is 0 Å². The van der Waals surface area contributed by atoms with Gasteiger partial charge in [-0.3, -0.25) is 0 Å². The highest BCUT2D eigenvalue weighted by Crippen LogP contribution is 2.34. The van der Waals surface area contributed by atoms with E-state index >= 15 is 0 Å². The molecular formula is C16H25Br. The van der Waals surface area contributed by atoms with Crippen LogP contribution in [0.25, 0.3) is 0 Å². The van der Waals surface area contributed by atoms with Gasteiger partial charge in [0.2, 0.25) is 0 Å². The first-order valence-corrected chi connectivity index (χ1v) is 7.79. The van der Waals surface area contributed by atoms with Gasteiger partial charge in [0.25, 0.3) is 0 Å². The lowest BCUT2D eigenvalue weighted by Crippen LogP contribution is -2.08. The van der Waals surface area contributed by atoms with Gasteiger partial charge >= 0.3 is 0 Å². The molecule has 1 aromatic rings. The number of hydrogen-bond acceptors (Lipinski definition) is 0. The molecule has 0 N–H and O–H groups in total. The Bertz CT molecular complexity index is 358. The van der Waals surface area contributed by atoms with Crippen LogP contribution < -0.4 is 0 Å². The summed E-state index contributed by atoms with van der Waals surface area (Å²) in [6, 6.07) is 0. The van der Waals surface area contributed by atoms with Crippen LogP contribution in [0.3, 0.4) is 0 Å². The number of halogens is 1. The quantitative estimate of drug-likeness (QED) is 0.695. The molecule has 0 heterocycles. The van der Waals surface area contributed by atoms with Crippen molar-refractivity contribution < 1.29 is 0 Å². The average molecular weight is 297 g/mol. The van der Waals surface area contributed by atoms with Crippen molar-refractivity contribution in [3.8, 4) is 0 Å². The monoisotopic (exact) mass is 296 g/mol. The molecule has 0 nitrogen and oxygen atoms in total. The minimum absolute atomic E-state index is 1.13. The summed E-state index contributed by atoms with van der Waals surface area (Å²) >= 11 is 3.85. The standard InChI is InChI=1S/C16H25Br/c1-6-11-12(7-2)14(9-4)16(17)15(10-5)13(11)8-3/h6-10H2,1-5H3. The summed E-state index contributed by atoms with van der Waals surface area (Å²) in [7, 11) is 0. The molecule has 96 valence electrons. The van der Waals surface area contributed by atoms with E-state index in [-0.39, 0.29) is 0 Å². The van der Waals surface area contributed by atoms with E-state index in [1.807, 2.05) is 0 Å². The Morgan fingerprint density at radius 2 is 0.765 bits per heavy atom. The highest BCUT2D eigenvalue weighted by molar-refractivity contribution is 9.10. The molecule has 0 aliphatic rings. The fourth-order valence-electron chi connectivity index (χ4n) is 3.01. The van der Waals surface area contributed by atoms with Crippen LogP contribution >= 0.6 is 15.9 Å². The number of hydrogen-bond donors (Lipinski definition) is 0. The van der Waals surface area contributed by atoms with Crippen molar-refractivity contribution in [3.05, 3.63) is 32.3 Å². The summed E-state index contributed by atoms with van der Waals surface area (Å²) in [6.07, 6.45) is 5.74. The topological polar surface area (TPSA) is 0 Å². The lowest BCUT2D eigenvalue weighted by atomic mass is 9.86. The van der Waals surface area contributed by atoms with E-state index in [2.05, 4.69) is 50.5 Å². The van der Waals surface area contributed by atoms with E-state index < -0.39 is 0 Å². The van der Waals surface area contributed by atoms with Crippen molar-refractivity contribution in [1.82, 2.24) is 0 Å². The molecule has 0 atom stereocenters. The molecule has 0 bridgehead atoms. The van der Waals surface area contributed by atoms with E-state index in [1.54, 1.807) is 27.8 Å². The molecule has 1 heteroatoms. The maximum Gasteiger partial charge on any atom is 0.0244 e. The molecule has 0 saturated carbocycles. The molecule has 0 fully saturated rings. The predicted molar refractivity (Wildman–Crippen MR) is 81.0 cm³/mol. The van der Waals surface area contributed by atoms with Crippen LogP contribution in [0.2, 0.25) is 0 Å². The van der Waals surface area contributed by atoms with Gasteiger partial charge in [-0.25, -0.2) is 0 Å². The van der Waals surface area contributed by atoms with Gasteiger partial charge in [-0.05, 0) is 59.9 Å². The first-order valence-electron chi connectivity index (χ1n) is 6.99. The Balaban J connectivity index is 3.66. The third-order valence-corrected chi connectivity index (χ3v) is 4.71. The van der Waals surface area contributed by atoms with Crippen LogP contribution in [-0.2, 0) is 32.1 Å². The van der Waals surface area contributed by atoms with E-state index in [0.717, 1.165) is 25.7 Å². The highest BCUT2D eigenvalue weighted by Gasteiger charge is 2.17. The second kappa shape index (κ2) is 6.58. The molecule has 0 aromatic heterocycles. The third-order valence-electron chi connectivity index (χ3n) is 3.75. The van der Waals surface area contributed by atoms with Crippen molar-refractivity contribution in [3.63, 3.8) is 0 Å². The van der Waals surface area contributed by atoms with Gasteiger partial charge in [0.15, 0.2) is 0 Å². The second-order valence-electron chi connectivity index (χ2n) is 4.47. The van der Waals surface area contributed by atoms with Crippen molar-refractivity contribution in [2.75, 3.05) is 0 Å². The zero-order chi connectivity index (χ0) is 13.0. The van der Waals surface area contributed by atoms with Crippen LogP contribution in [0.1, 0.15) is 62.4 Å². The average Bonchev–Trinajstić information content (AvgIpc) is 2.36. The maximum absolute atomic E-state index is 3.85. The summed E-state index contributed by atoms with van der Waals surface area (Å²) in [6.45, 7) is 11.4. The molecule has 1 rings (SSSR count). The Hall–Kier alpha value is -0.300. The lowest BCUT2D eigenvalue weighted by Gasteiger charge is -2.22. The largest absolute Gasteiger partial charge is 0.0613 e. The van der Waals surface area contributed by atoms with Gasteiger partial charge < -0.3 is 0 Å². The molecule has 0 amide bonds. The minimum atomic E-state index is 1.13. The third kappa shape index (κ3) is 2.59. The van der Waals surface area contributed by atoms with Gasteiger partial charge in [0.1, 0.15) is 0 Å². The van der Waals surface area contributed by atoms with Crippen molar-refractivity contribution in [1.29, 1.82) is 0 Å². The molecule has 0 aliphatic carbocycles. The van der Waals surface area contributed by atoms with Crippen LogP contribution in [0, 0.1) is 0 Å². The van der Waals surface area contributed by atoms with Gasteiger partial charge in [0.05, 0.1) is 0 Å². The Morgan fingerprint density at radius 1 is 0.529 bits per heavy atom. The summed E-state index contributed by atoms with van der Waals surface area (Å²) in [5, 5.41) is 0. The SMILES string of the molecule is CCc1c(Br)c(CC)c(CC)c(CC)c1CC. The molecule has 0 unspecified atom stereocenters. The second-order valence-corrected chi connectivity index (χ2v) is 5.27. The molecule has 1 aromatic carbocycles.